The van der Waals surface area contributed by atoms with Crippen molar-refractivity contribution in [3.8, 4) is 0 Å². The molecule has 0 spiro atoms. The molecular formula is C20H35OP. The summed E-state index contributed by atoms with van der Waals surface area (Å²) in [5, 5.41) is 1.10. The molecule has 2 heteroatoms. The topological polar surface area (TPSA) is 17.1 Å². The van der Waals surface area contributed by atoms with Gasteiger partial charge in [-0.2, -0.15) is 0 Å². The first-order chi connectivity index (χ1) is 10.6. The van der Waals surface area contributed by atoms with Crippen LogP contribution in [0.15, 0.2) is 30.3 Å². The van der Waals surface area contributed by atoms with Crippen LogP contribution in [0.1, 0.15) is 78.6 Å². The lowest BCUT2D eigenvalue weighted by molar-refractivity contribution is 0.551. The molecule has 0 radical (unpaired) electrons. The monoisotopic (exact) mass is 322 g/mol. The van der Waals surface area contributed by atoms with Crippen LogP contribution in [0.3, 0.4) is 0 Å². The Balaban J connectivity index is 2.58. The number of benzene rings is 1. The summed E-state index contributed by atoms with van der Waals surface area (Å²) >= 11 is 0. The molecule has 1 aromatic carbocycles. The molecule has 0 amide bonds. The normalized spacial score (nSPS) is 15.4. The van der Waals surface area contributed by atoms with Crippen LogP contribution < -0.4 is 5.30 Å². The zero-order chi connectivity index (χ0) is 16.3. The van der Waals surface area contributed by atoms with E-state index >= 15 is 0 Å². The summed E-state index contributed by atoms with van der Waals surface area (Å²) in [6.07, 6.45) is 12.1. The number of rotatable bonds is 12. The van der Waals surface area contributed by atoms with E-state index in [1.165, 1.54) is 38.5 Å². The molecule has 0 aliphatic rings. The van der Waals surface area contributed by atoms with Crippen molar-refractivity contribution in [2.75, 3.05) is 6.16 Å². The molecular weight excluding hydrogens is 287 g/mol. The second-order valence-electron chi connectivity index (χ2n) is 6.61. The highest BCUT2D eigenvalue weighted by molar-refractivity contribution is 7.72. The van der Waals surface area contributed by atoms with Crippen LogP contribution in [-0.2, 0) is 4.57 Å². The molecule has 0 fully saturated rings. The largest absolute Gasteiger partial charge is 0.318 e. The number of unbranched alkanes of at least 4 members (excludes halogenated alkanes) is 6. The molecule has 1 aromatic rings. The first-order valence-corrected chi connectivity index (χ1v) is 11.3. The highest BCUT2D eigenvalue weighted by Crippen LogP contribution is 2.52. The average Bonchev–Trinajstić information content (AvgIpc) is 2.56. The van der Waals surface area contributed by atoms with Gasteiger partial charge in [-0.25, -0.2) is 0 Å². The first kappa shape index (κ1) is 19.5. The molecule has 0 aromatic heterocycles. The van der Waals surface area contributed by atoms with Crippen LogP contribution in [0.4, 0.5) is 0 Å². The predicted octanol–water partition coefficient (Wildman–Crippen LogP) is 6.61. The Morgan fingerprint density at radius 1 is 0.864 bits per heavy atom. The summed E-state index contributed by atoms with van der Waals surface area (Å²) < 4.78 is 13.6. The molecule has 0 unspecified atom stereocenters. The van der Waals surface area contributed by atoms with Crippen molar-refractivity contribution >= 4 is 12.4 Å². The maximum Gasteiger partial charge on any atom is 0.118 e. The lowest BCUT2D eigenvalue weighted by Gasteiger charge is -2.25. The molecule has 0 heterocycles. The van der Waals surface area contributed by atoms with Gasteiger partial charge in [-0.05, 0) is 12.8 Å². The van der Waals surface area contributed by atoms with Gasteiger partial charge in [-0.15, -0.1) is 0 Å². The fourth-order valence-corrected chi connectivity index (χ4v) is 6.38. The lowest BCUT2D eigenvalue weighted by atomic mass is 10.1. The summed E-state index contributed by atoms with van der Waals surface area (Å²) in [6, 6.07) is 10.2. The number of hydrogen-bond acceptors (Lipinski definition) is 1. The Hall–Kier alpha value is -0.550. The van der Waals surface area contributed by atoms with Gasteiger partial charge in [0.2, 0.25) is 0 Å². The second-order valence-corrected chi connectivity index (χ2v) is 10.1. The van der Waals surface area contributed by atoms with E-state index < -0.39 is 7.14 Å². The molecule has 0 saturated carbocycles. The zero-order valence-corrected chi connectivity index (χ0v) is 15.8. The second kappa shape index (κ2) is 11.1. The lowest BCUT2D eigenvalue weighted by Crippen LogP contribution is -2.17. The highest BCUT2D eigenvalue weighted by Gasteiger charge is 2.30. The maximum absolute atomic E-state index is 13.6. The Labute approximate surface area is 138 Å². The minimum absolute atomic E-state index is 0.327. The van der Waals surface area contributed by atoms with Crippen molar-refractivity contribution in [2.24, 2.45) is 0 Å². The first-order valence-electron chi connectivity index (χ1n) is 9.29. The average molecular weight is 322 g/mol. The minimum atomic E-state index is -2.24. The van der Waals surface area contributed by atoms with Crippen LogP contribution in [-0.4, -0.2) is 11.8 Å². The van der Waals surface area contributed by atoms with Crippen LogP contribution >= 0.6 is 7.14 Å². The predicted molar refractivity (Wildman–Crippen MR) is 101 cm³/mol. The van der Waals surface area contributed by atoms with E-state index in [2.05, 4.69) is 32.9 Å². The van der Waals surface area contributed by atoms with E-state index in [0.717, 1.165) is 30.7 Å². The third-order valence-corrected chi connectivity index (χ3v) is 8.56. The minimum Gasteiger partial charge on any atom is -0.318 e. The summed E-state index contributed by atoms with van der Waals surface area (Å²) in [5.41, 5.74) is 0.327. The summed E-state index contributed by atoms with van der Waals surface area (Å²) in [5.74, 6) is 0. The molecule has 0 N–H and O–H groups in total. The quantitative estimate of drug-likeness (QED) is 0.312. The van der Waals surface area contributed by atoms with Gasteiger partial charge in [0, 0.05) is 17.1 Å². The van der Waals surface area contributed by atoms with Gasteiger partial charge in [0.1, 0.15) is 7.14 Å². The summed E-state index contributed by atoms with van der Waals surface area (Å²) in [7, 11) is -2.24. The Bertz CT molecular complexity index is 427. The molecule has 2 atom stereocenters. The van der Waals surface area contributed by atoms with Gasteiger partial charge in [0.15, 0.2) is 0 Å². The van der Waals surface area contributed by atoms with Crippen molar-refractivity contribution in [2.45, 2.75) is 84.2 Å². The molecule has 126 valence electrons. The Morgan fingerprint density at radius 2 is 1.45 bits per heavy atom. The maximum atomic E-state index is 13.6. The molecule has 0 aliphatic carbocycles. The van der Waals surface area contributed by atoms with Crippen molar-refractivity contribution in [3.63, 3.8) is 0 Å². The van der Waals surface area contributed by atoms with Crippen LogP contribution in [0.25, 0.3) is 0 Å². The highest BCUT2D eigenvalue weighted by atomic mass is 31.2. The van der Waals surface area contributed by atoms with Crippen LogP contribution in [0, 0.1) is 0 Å². The molecule has 0 saturated heterocycles. The van der Waals surface area contributed by atoms with E-state index in [4.69, 9.17) is 0 Å². The van der Waals surface area contributed by atoms with Gasteiger partial charge in [0.05, 0.1) is 0 Å². The van der Waals surface area contributed by atoms with Crippen molar-refractivity contribution < 1.29 is 4.57 Å². The van der Waals surface area contributed by atoms with Crippen LogP contribution in [0.2, 0.25) is 0 Å². The van der Waals surface area contributed by atoms with E-state index in [1.807, 2.05) is 18.2 Å². The van der Waals surface area contributed by atoms with Crippen molar-refractivity contribution in [1.82, 2.24) is 0 Å². The van der Waals surface area contributed by atoms with E-state index in [0.29, 0.717) is 5.66 Å². The van der Waals surface area contributed by atoms with Gasteiger partial charge in [0.25, 0.3) is 0 Å². The fourth-order valence-electron chi connectivity index (χ4n) is 3.11. The molecule has 1 rings (SSSR count). The van der Waals surface area contributed by atoms with Crippen LogP contribution in [0.5, 0.6) is 0 Å². The summed E-state index contributed by atoms with van der Waals surface area (Å²) in [4.78, 5) is 0. The molecule has 0 bridgehead atoms. The van der Waals surface area contributed by atoms with Gasteiger partial charge >= 0.3 is 0 Å². The molecule has 0 aliphatic heterocycles. The van der Waals surface area contributed by atoms with Crippen molar-refractivity contribution in [3.05, 3.63) is 30.3 Å². The molecule has 22 heavy (non-hydrogen) atoms. The SMILES string of the molecule is CCCCCCCC[C@H](C)[P@](=O)(CCCC)c1ccccc1. The zero-order valence-electron chi connectivity index (χ0n) is 14.9. The van der Waals surface area contributed by atoms with E-state index in [9.17, 15) is 4.57 Å². The smallest absolute Gasteiger partial charge is 0.118 e. The fraction of sp³-hybridized carbons (Fsp3) is 0.700. The standard InChI is InChI=1S/C20H35OP/c1-4-6-8-9-10-12-15-19(3)22(21,18-7-5-2)20-16-13-11-14-17-20/h11,13-14,16-17,19H,4-10,12,15,18H2,1-3H3/t19-,22+/m0/s1. The van der Waals surface area contributed by atoms with E-state index in [1.54, 1.807) is 0 Å². The number of hydrogen-bond donors (Lipinski definition) is 0. The summed E-state index contributed by atoms with van der Waals surface area (Å²) in [6.45, 7) is 6.66. The van der Waals surface area contributed by atoms with E-state index in [-0.39, 0.29) is 0 Å². The van der Waals surface area contributed by atoms with Gasteiger partial charge in [-0.1, -0.05) is 96.0 Å². The Kier molecular flexibility index (Phi) is 9.80. The van der Waals surface area contributed by atoms with Gasteiger partial charge in [-0.3, -0.25) is 0 Å². The molecule has 1 nitrogen and oxygen atoms in total. The Morgan fingerprint density at radius 3 is 2.09 bits per heavy atom. The third kappa shape index (κ3) is 6.29. The van der Waals surface area contributed by atoms with Crippen molar-refractivity contribution in [1.29, 1.82) is 0 Å². The van der Waals surface area contributed by atoms with Gasteiger partial charge < -0.3 is 4.57 Å². The third-order valence-electron chi connectivity index (χ3n) is 4.72.